The van der Waals surface area contributed by atoms with Crippen LogP contribution in [-0.2, 0) is 9.31 Å². The van der Waals surface area contributed by atoms with Crippen LogP contribution in [0.25, 0.3) is 44.1 Å². The minimum atomic E-state index is -0.362. The Morgan fingerprint density at radius 2 is 1.17 bits per heavy atom. The lowest BCUT2D eigenvalue weighted by Gasteiger charge is -2.32. The van der Waals surface area contributed by atoms with Crippen molar-refractivity contribution in [2.45, 2.75) is 38.9 Å². The van der Waals surface area contributed by atoms with E-state index in [1.54, 1.807) is 6.33 Å². The number of hydrogen-bond acceptors (Lipinski definition) is 4. The number of nitrogens with zero attached hydrogens (tertiary/aromatic N) is 2. The van der Waals surface area contributed by atoms with Gasteiger partial charge in [-0.25, -0.2) is 9.97 Å². The summed E-state index contributed by atoms with van der Waals surface area (Å²) < 4.78 is 12.5. The molecule has 1 saturated heterocycles. The Morgan fingerprint density at radius 1 is 0.600 bits per heavy atom. The van der Waals surface area contributed by atoms with E-state index in [1.165, 1.54) is 16.3 Å². The highest BCUT2D eigenvalue weighted by atomic mass is 16.7. The third-order valence-electron chi connectivity index (χ3n) is 7.47. The molecule has 0 N–H and O–H groups in total. The van der Waals surface area contributed by atoms with E-state index in [0.717, 1.165) is 33.2 Å². The van der Waals surface area contributed by atoms with Crippen LogP contribution in [0.1, 0.15) is 27.7 Å². The molecule has 4 aromatic carbocycles. The summed E-state index contributed by atoms with van der Waals surface area (Å²) in [6.45, 7) is 8.32. The molecule has 0 aliphatic carbocycles. The highest BCUT2D eigenvalue weighted by molar-refractivity contribution is 6.62. The first-order valence-corrected chi connectivity index (χ1v) is 12.0. The van der Waals surface area contributed by atoms with Gasteiger partial charge in [0, 0.05) is 10.9 Å². The Morgan fingerprint density at radius 3 is 1.86 bits per heavy atom. The van der Waals surface area contributed by atoms with Crippen molar-refractivity contribution in [3.8, 4) is 22.4 Å². The van der Waals surface area contributed by atoms with Crippen LogP contribution >= 0.6 is 0 Å². The van der Waals surface area contributed by atoms with Crippen LogP contribution in [0.3, 0.4) is 0 Å². The lowest BCUT2D eigenvalue weighted by Crippen LogP contribution is -2.41. The van der Waals surface area contributed by atoms with Gasteiger partial charge >= 0.3 is 7.12 Å². The SMILES string of the molecule is CC1(C)OB(c2ccc(-c3ccc(-c4ncnc5ccccc45)c4ccccc34)cc2)OC1(C)C. The molecule has 6 rings (SSSR count). The van der Waals surface area contributed by atoms with Gasteiger partial charge in [-0.3, -0.25) is 0 Å². The van der Waals surface area contributed by atoms with Crippen molar-refractivity contribution in [3.05, 3.63) is 91.3 Å². The number of aromatic nitrogens is 2. The molecule has 0 spiro atoms. The second-order valence-corrected chi connectivity index (χ2v) is 10.2. The molecule has 0 bridgehead atoms. The largest absolute Gasteiger partial charge is 0.494 e. The molecule has 4 nitrogen and oxygen atoms in total. The van der Waals surface area contributed by atoms with Gasteiger partial charge in [0.05, 0.1) is 22.4 Å². The molecule has 1 aromatic heterocycles. The molecule has 2 heterocycles. The van der Waals surface area contributed by atoms with E-state index in [4.69, 9.17) is 9.31 Å². The van der Waals surface area contributed by atoms with E-state index in [1.807, 2.05) is 18.2 Å². The van der Waals surface area contributed by atoms with Crippen LogP contribution in [-0.4, -0.2) is 28.3 Å². The molecule has 1 fully saturated rings. The van der Waals surface area contributed by atoms with Gasteiger partial charge in [-0.15, -0.1) is 0 Å². The van der Waals surface area contributed by atoms with Crippen molar-refractivity contribution in [2.24, 2.45) is 0 Å². The molecule has 1 aliphatic rings. The van der Waals surface area contributed by atoms with Gasteiger partial charge < -0.3 is 9.31 Å². The van der Waals surface area contributed by atoms with Crippen molar-refractivity contribution in [2.75, 3.05) is 0 Å². The van der Waals surface area contributed by atoms with Crippen molar-refractivity contribution in [3.63, 3.8) is 0 Å². The van der Waals surface area contributed by atoms with Crippen LogP contribution in [0, 0.1) is 0 Å². The summed E-state index contributed by atoms with van der Waals surface area (Å²) in [5.74, 6) is 0. The summed E-state index contributed by atoms with van der Waals surface area (Å²) in [6, 6.07) is 29.6. The van der Waals surface area contributed by atoms with Crippen molar-refractivity contribution in [1.29, 1.82) is 0 Å². The van der Waals surface area contributed by atoms with Gasteiger partial charge in [0.25, 0.3) is 0 Å². The maximum absolute atomic E-state index is 6.23. The fraction of sp³-hybridized carbons (Fsp3) is 0.200. The quantitative estimate of drug-likeness (QED) is 0.293. The number of para-hydroxylation sites is 1. The van der Waals surface area contributed by atoms with Gasteiger partial charge in [-0.2, -0.15) is 0 Å². The van der Waals surface area contributed by atoms with Gasteiger partial charge in [0.15, 0.2) is 0 Å². The molecule has 35 heavy (non-hydrogen) atoms. The summed E-state index contributed by atoms with van der Waals surface area (Å²) in [4.78, 5) is 9.11. The maximum atomic E-state index is 6.23. The van der Waals surface area contributed by atoms with E-state index in [9.17, 15) is 0 Å². The average molecular weight is 458 g/mol. The first-order valence-electron chi connectivity index (χ1n) is 12.0. The first kappa shape index (κ1) is 22.0. The zero-order chi connectivity index (χ0) is 24.2. The standard InChI is InChI=1S/C30H27BN2O2/c1-29(2)30(3,4)35-31(34-29)21-15-13-20(14-16-21)22-17-18-25(24-10-6-5-9-23(22)24)28-26-11-7-8-12-27(26)32-19-33-28/h5-19H,1-4H3. The van der Waals surface area contributed by atoms with Gasteiger partial charge in [0.2, 0.25) is 0 Å². The topological polar surface area (TPSA) is 44.2 Å². The predicted molar refractivity (Wildman–Crippen MR) is 144 cm³/mol. The predicted octanol–water partition coefficient (Wildman–Crippen LogP) is 6.42. The average Bonchev–Trinajstić information content (AvgIpc) is 3.10. The normalized spacial score (nSPS) is 16.7. The Bertz CT molecular complexity index is 1540. The molecule has 0 radical (unpaired) electrons. The highest BCUT2D eigenvalue weighted by Crippen LogP contribution is 2.38. The van der Waals surface area contributed by atoms with Crippen molar-refractivity contribution < 1.29 is 9.31 Å². The van der Waals surface area contributed by atoms with E-state index in [2.05, 4.69) is 104 Å². The first-order chi connectivity index (χ1) is 16.8. The van der Waals surface area contributed by atoms with E-state index < -0.39 is 0 Å². The molecule has 0 unspecified atom stereocenters. The summed E-state index contributed by atoms with van der Waals surface area (Å²) >= 11 is 0. The Kier molecular flexibility index (Phi) is 5.03. The zero-order valence-corrected chi connectivity index (χ0v) is 20.4. The Balaban J connectivity index is 1.42. The molecule has 1 aliphatic heterocycles. The molecule has 0 saturated carbocycles. The van der Waals surface area contributed by atoms with Crippen LogP contribution in [0.5, 0.6) is 0 Å². The van der Waals surface area contributed by atoms with Crippen LogP contribution < -0.4 is 5.46 Å². The number of fused-ring (bicyclic) bond motifs is 2. The minimum Gasteiger partial charge on any atom is -0.399 e. The summed E-state index contributed by atoms with van der Waals surface area (Å²) in [6.07, 6.45) is 1.65. The minimum absolute atomic E-state index is 0.354. The fourth-order valence-electron chi connectivity index (χ4n) is 4.78. The lowest BCUT2D eigenvalue weighted by molar-refractivity contribution is 0.00578. The molecule has 0 atom stereocenters. The summed E-state index contributed by atoms with van der Waals surface area (Å²) in [5.41, 5.74) is 5.67. The van der Waals surface area contributed by atoms with E-state index >= 15 is 0 Å². The van der Waals surface area contributed by atoms with Gasteiger partial charge in [-0.05, 0) is 61.1 Å². The number of hydrogen-bond donors (Lipinski definition) is 0. The van der Waals surface area contributed by atoms with Gasteiger partial charge in [-0.1, -0.05) is 78.9 Å². The van der Waals surface area contributed by atoms with Crippen LogP contribution in [0.4, 0.5) is 0 Å². The fourth-order valence-corrected chi connectivity index (χ4v) is 4.78. The maximum Gasteiger partial charge on any atom is 0.494 e. The number of rotatable bonds is 3. The van der Waals surface area contributed by atoms with E-state index in [-0.39, 0.29) is 18.3 Å². The zero-order valence-electron chi connectivity index (χ0n) is 20.4. The van der Waals surface area contributed by atoms with Crippen molar-refractivity contribution in [1.82, 2.24) is 9.97 Å². The summed E-state index contributed by atoms with van der Waals surface area (Å²) in [5, 5.41) is 3.42. The third-order valence-corrected chi connectivity index (χ3v) is 7.47. The van der Waals surface area contributed by atoms with E-state index in [0.29, 0.717) is 0 Å². The highest BCUT2D eigenvalue weighted by Gasteiger charge is 2.51. The molecule has 172 valence electrons. The molecular weight excluding hydrogens is 431 g/mol. The molecular formula is C30H27BN2O2. The van der Waals surface area contributed by atoms with Crippen molar-refractivity contribution >= 4 is 34.3 Å². The van der Waals surface area contributed by atoms with Gasteiger partial charge in [0.1, 0.15) is 6.33 Å². The Labute approximate surface area is 206 Å². The summed E-state index contributed by atoms with van der Waals surface area (Å²) in [7, 11) is -0.362. The third kappa shape index (κ3) is 3.63. The molecule has 0 amide bonds. The van der Waals surface area contributed by atoms with Crippen LogP contribution in [0.2, 0.25) is 0 Å². The smallest absolute Gasteiger partial charge is 0.399 e. The molecule has 5 heteroatoms. The number of benzene rings is 4. The molecule has 5 aromatic rings. The Hall–Kier alpha value is -3.54. The van der Waals surface area contributed by atoms with Crippen LogP contribution in [0.15, 0.2) is 91.3 Å². The monoisotopic (exact) mass is 458 g/mol. The lowest BCUT2D eigenvalue weighted by atomic mass is 9.78. The second-order valence-electron chi connectivity index (χ2n) is 10.2. The second kappa shape index (κ2) is 8.01.